The Kier molecular flexibility index (Phi) is 7.79. The molecule has 0 bridgehead atoms. The van der Waals surface area contributed by atoms with Crippen LogP contribution in [0, 0.1) is 0 Å². The van der Waals surface area contributed by atoms with Crippen LogP contribution in [0.15, 0.2) is 70.6 Å². The van der Waals surface area contributed by atoms with Crippen molar-refractivity contribution < 1.29 is 18.3 Å². The molecule has 1 aromatic heterocycles. The molecule has 0 radical (unpaired) electrons. The molecule has 2 heterocycles. The highest BCUT2D eigenvalue weighted by Gasteiger charge is 2.36. The van der Waals surface area contributed by atoms with Crippen molar-refractivity contribution in [1.82, 2.24) is 14.9 Å². The van der Waals surface area contributed by atoms with Gasteiger partial charge in [0.1, 0.15) is 0 Å². The molecule has 1 amide bonds. The summed E-state index contributed by atoms with van der Waals surface area (Å²) in [5.74, 6) is -0.215. The summed E-state index contributed by atoms with van der Waals surface area (Å²) in [6.07, 6.45) is -2.10. The topological polar surface area (TPSA) is 96.6 Å². The van der Waals surface area contributed by atoms with Gasteiger partial charge in [-0.05, 0) is 37.4 Å². The number of ether oxygens (including phenoxy) is 1. The van der Waals surface area contributed by atoms with Crippen molar-refractivity contribution in [2.75, 3.05) is 50.0 Å². The predicted molar refractivity (Wildman–Crippen MR) is 131 cm³/mol. The van der Waals surface area contributed by atoms with Gasteiger partial charge in [-0.25, -0.2) is 4.98 Å². The van der Waals surface area contributed by atoms with Gasteiger partial charge in [0.05, 0.1) is 23.2 Å². The van der Waals surface area contributed by atoms with E-state index in [2.05, 4.69) is 20.2 Å². The van der Waals surface area contributed by atoms with Gasteiger partial charge in [0, 0.05) is 36.8 Å². The van der Waals surface area contributed by atoms with E-state index >= 15 is 8.78 Å². The molecule has 3 N–H and O–H groups in total. The number of piperazine rings is 1. The molecule has 1 saturated heterocycles. The molecule has 184 valence electrons. The Bertz CT molecular complexity index is 1160. The van der Waals surface area contributed by atoms with Crippen LogP contribution >= 0.6 is 11.8 Å². The minimum atomic E-state index is -3.60. The average molecular weight is 501 g/mol. The summed E-state index contributed by atoms with van der Waals surface area (Å²) >= 11 is 1.16. The molecular formula is C24H26F2N6O2S. The van der Waals surface area contributed by atoms with Gasteiger partial charge in [0.25, 0.3) is 0 Å². The first-order chi connectivity index (χ1) is 16.8. The number of nitrogens with zero attached hydrogens (tertiary/aromatic N) is 4. The smallest absolute Gasteiger partial charge is 0.410 e. The zero-order valence-corrected chi connectivity index (χ0v) is 20.0. The Morgan fingerprint density at radius 3 is 2.60 bits per heavy atom. The van der Waals surface area contributed by atoms with Crippen molar-refractivity contribution in [3.05, 3.63) is 66.4 Å². The van der Waals surface area contributed by atoms with Crippen molar-refractivity contribution in [2.24, 2.45) is 5.73 Å². The summed E-state index contributed by atoms with van der Waals surface area (Å²) in [4.78, 5) is 25.6. The zero-order valence-electron chi connectivity index (χ0n) is 19.2. The molecule has 2 aromatic carbocycles. The average Bonchev–Trinajstić information content (AvgIpc) is 2.86. The highest BCUT2D eigenvalue weighted by molar-refractivity contribution is 7.99. The SMILES string of the molecule is CN1CCN(c2ncc(Sc3cccc(NC(=O)CN)c3)c(OC(F)(F)c3ccccc3)n2)CC1. The second kappa shape index (κ2) is 11.0. The van der Waals surface area contributed by atoms with E-state index in [4.69, 9.17) is 10.5 Å². The first kappa shape index (κ1) is 24.8. The number of amides is 1. The van der Waals surface area contributed by atoms with Gasteiger partial charge in [-0.3, -0.25) is 4.79 Å². The maximum Gasteiger partial charge on any atom is 0.427 e. The molecule has 0 unspecified atom stereocenters. The summed E-state index contributed by atoms with van der Waals surface area (Å²) in [6.45, 7) is 2.85. The fourth-order valence-electron chi connectivity index (χ4n) is 3.44. The standard InChI is InChI=1S/C24H26F2N6O2S/c1-31-10-12-32(13-11-31)23-28-16-20(35-19-9-5-8-18(14-19)29-21(33)15-27)22(30-23)34-24(25,26)17-6-3-2-4-7-17/h2-9,14,16H,10-13,15,27H2,1H3,(H,29,33). The van der Waals surface area contributed by atoms with Crippen molar-refractivity contribution in [1.29, 1.82) is 0 Å². The molecule has 0 atom stereocenters. The molecule has 1 fully saturated rings. The van der Waals surface area contributed by atoms with E-state index in [-0.39, 0.29) is 23.9 Å². The van der Waals surface area contributed by atoms with Gasteiger partial charge in [0.2, 0.25) is 17.7 Å². The Morgan fingerprint density at radius 1 is 1.14 bits per heavy atom. The number of aromatic nitrogens is 2. The Balaban J connectivity index is 1.64. The van der Waals surface area contributed by atoms with Gasteiger partial charge in [-0.15, -0.1) is 0 Å². The Morgan fingerprint density at radius 2 is 1.89 bits per heavy atom. The second-order valence-electron chi connectivity index (χ2n) is 8.00. The van der Waals surface area contributed by atoms with E-state index in [1.807, 2.05) is 11.9 Å². The molecule has 3 aromatic rings. The van der Waals surface area contributed by atoms with Crippen molar-refractivity contribution >= 4 is 29.3 Å². The molecule has 35 heavy (non-hydrogen) atoms. The third kappa shape index (κ3) is 6.44. The summed E-state index contributed by atoms with van der Waals surface area (Å²) < 4.78 is 35.3. The zero-order chi connectivity index (χ0) is 24.8. The van der Waals surface area contributed by atoms with E-state index in [9.17, 15) is 4.79 Å². The lowest BCUT2D eigenvalue weighted by atomic mass is 10.2. The molecule has 8 nitrogen and oxygen atoms in total. The second-order valence-corrected chi connectivity index (χ2v) is 9.11. The predicted octanol–water partition coefficient (Wildman–Crippen LogP) is 3.41. The van der Waals surface area contributed by atoms with Crippen molar-refractivity contribution in [3.8, 4) is 5.88 Å². The number of hydrogen-bond donors (Lipinski definition) is 2. The number of rotatable bonds is 8. The van der Waals surface area contributed by atoms with Crippen LogP contribution in [-0.2, 0) is 10.9 Å². The largest absolute Gasteiger partial charge is 0.427 e. The quantitative estimate of drug-likeness (QED) is 0.486. The van der Waals surface area contributed by atoms with Gasteiger partial charge in [-0.2, -0.15) is 13.8 Å². The number of carbonyl (C=O) groups is 1. The molecule has 0 aliphatic carbocycles. The van der Waals surface area contributed by atoms with Gasteiger partial charge < -0.3 is 25.6 Å². The van der Waals surface area contributed by atoms with E-state index in [1.165, 1.54) is 30.5 Å². The van der Waals surface area contributed by atoms with Crippen LogP contribution in [0.3, 0.4) is 0 Å². The highest BCUT2D eigenvalue weighted by atomic mass is 32.2. The number of carbonyl (C=O) groups excluding carboxylic acids is 1. The number of alkyl halides is 2. The summed E-state index contributed by atoms with van der Waals surface area (Å²) in [5, 5.41) is 2.68. The summed E-state index contributed by atoms with van der Waals surface area (Å²) in [6, 6.07) is 14.3. The first-order valence-electron chi connectivity index (χ1n) is 11.0. The summed E-state index contributed by atoms with van der Waals surface area (Å²) in [7, 11) is 2.02. The highest BCUT2D eigenvalue weighted by Crippen LogP contribution is 2.39. The van der Waals surface area contributed by atoms with Crippen molar-refractivity contribution in [2.45, 2.75) is 15.9 Å². The fraction of sp³-hybridized carbons (Fsp3) is 0.292. The summed E-state index contributed by atoms with van der Waals surface area (Å²) in [5.41, 5.74) is 5.63. The van der Waals surface area contributed by atoms with E-state index in [0.29, 0.717) is 34.5 Å². The molecule has 0 spiro atoms. The Hall–Kier alpha value is -3.28. The maximum atomic E-state index is 15.1. The van der Waals surface area contributed by atoms with Crippen LogP contribution in [0.2, 0.25) is 0 Å². The van der Waals surface area contributed by atoms with E-state index in [1.54, 1.807) is 30.3 Å². The number of halogens is 2. The van der Waals surface area contributed by atoms with Gasteiger partial charge in [-0.1, -0.05) is 36.0 Å². The van der Waals surface area contributed by atoms with Crippen LogP contribution in [0.4, 0.5) is 20.4 Å². The normalized spacial score (nSPS) is 14.6. The lowest BCUT2D eigenvalue weighted by molar-refractivity contribution is -0.189. The van der Waals surface area contributed by atoms with E-state index < -0.39 is 6.11 Å². The number of anilines is 2. The van der Waals surface area contributed by atoms with Crippen LogP contribution in [0.5, 0.6) is 5.88 Å². The van der Waals surface area contributed by atoms with E-state index in [0.717, 1.165) is 24.9 Å². The number of nitrogens with one attached hydrogen (secondary N) is 1. The third-order valence-corrected chi connectivity index (χ3v) is 6.35. The molecule has 1 aliphatic heterocycles. The minimum absolute atomic E-state index is 0.147. The number of hydrogen-bond acceptors (Lipinski definition) is 8. The molecular weight excluding hydrogens is 474 g/mol. The van der Waals surface area contributed by atoms with Crippen molar-refractivity contribution in [3.63, 3.8) is 0 Å². The lowest BCUT2D eigenvalue weighted by Crippen LogP contribution is -2.45. The Labute approximate surface area is 206 Å². The third-order valence-electron chi connectivity index (χ3n) is 5.36. The van der Waals surface area contributed by atoms with Crippen LogP contribution in [0.1, 0.15) is 5.56 Å². The first-order valence-corrected chi connectivity index (χ1v) is 11.9. The molecule has 1 aliphatic rings. The molecule has 0 saturated carbocycles. The number of benzene rings is 2. The van der Waals surface area contributed by atoms with Crippen LogP contribution in [-0.4, -0.2) is 60.5 Å². The van der Waals surface area contributed by atoms with Gasteiger partial charge >= 0.3 is 6.11 Å². The van der Waals surface area contributed by atoms with Gasteiger partial charge in [0.15, 0.2) is 0 Å². The van der Waals surface area contributed by atoms with Crippen LogP contribution in [0.25, 0.3) is 0 Å². The monoisotopic (exact) mass is 500 g/mol. The number of likely N-dealkylation sites (N-methyl/N-ethyl adjacent to an activating group) is 1. The lowest BCUT2D eigenvalue weighted by Gasteiger charge is -2.32. The molecule has 11 heteroatoms. The fourth-order valence-corrected chi connectivity index (χ4v) is 4.30. The van der Waals surface area contributed by atoms with Crippen LogP contribution < -0.4 is 20.7 Å². The minimum Gasteiger partial charge on any atom is -0.410 e. The molecule has 4 rings (SSSR count). The maximum absolute atomic E-state index is 15.1. The number of nitrogens with two attached hydrogens (primary N) is 1.